The molecular weight excluding hydrogens is 150 g/mol. The van der Waals surface area contributed by atoms with Crippen LogP contribution in [-0.2, 0) is 4.74 Å². The molecule has 1 heterocycles. The highest BCUT2D eigenvalue weighted by atomic mass is 16.5. The van der Waals surface area contributed by atoms with E-state index in [-0.39, 0.29) is 0 Å². The molecule has 0 bridgehead atoms. The van der Waals surface area contributed by atoms with Crippen LogP contribution in [0.5, 0.6) is 0 Å². The van der Waals surface area contributed by atoms with E-state index in [9.17, 15) is 0 Å². The van der Waals surface area contributed by atoms with Crippen LogP contribution in [0.15, 0.2) is 4.99 Å². The minimum absolute atomic E-state index is 0.607. The third kappa shape index (κ3) is 3.74. The van der Waals surface area contributed by atoms with Crippen LogP contribution in [0.1, 0.15) is 39.5 Å². The van der Waals surface area contributed by atoms with Crippen LogP contribution >= 0.6 is 0 Å². The predicted molar refractivity (Wildman–Crippen MR) is 51.6 cm³/mol. The maximum Gasteiger partial charge on any atom is 0.183 e. The monoisotopic (exact) mass is 169 g/mol. The van der Waals surface area contributed by atoms with Gasteiger partial charge in [-0.2, -0.15) is 0 Å². The summed E-state index contributed by atoms with van der Waals surface area (Å²) in [6.45, 7) is 6.11. The highest BCUT2D eigenvalue weighted by Gasteiger charge is 2.05. The number of rotatable bonds is 2. The van der Waals surface area contributed by atoms with E-state index in [2.05, 4.69) is 18.8 Å². The maximum atomic E-state index is 5.57. The van der Waals surface area contributed by atoms with E-state index in [4.69, 9.17) is 4.74 Å². The van der Waals surface area contributed by atoms with Gasteiger partial charge in [0.2, 0.25) is 0 Å². The molecule has 0 spiro atoms. The Labute approximate surface area is 75.0 Å². The summed E-state index contributed by atoms with van der Waals surface area (Å²) in [4.78, 5) is 4.39. The van der Waals surface area contributed by atoms with E-state index >= 15 is 0 Å². The number of aliphatic imine (C=N–C) groups is 1. The molecule has 0 radical (unpaired) electrons. The average molecular weight is 169 g/mol. The summed E-state index contributed by atoms with van der Waals surface area (Å²) >= 11 is 0. The van der Waals surface area contributed by atoms with Crippen molar-refractivity contribution in [3.63, 3.8) is 0 Å². The van der Waals surface area contributed by atoms with Gasteiger partial charge in [-0.05, 0) is 18.8 Å². The Morgan fingerprint density at radius 2 is 2.17 bits per heavy atom. The molecular formula is C10H19NO. The molecule has 0 aromatic rings. The van der Waals surface area contributed by atoms with Crippen LogP contribution in [-0.4, -0.2) is 19.0 Å². The lowest BCUT2D eigenvalue weighted by Gasteiger charge is -2.09. The largest absolute Gasteiger partial charge is 0.481 e. The van der Waals surface area contributed by atoms with Gasteiger partial charge in [0, 0.05) is 13.0 Å². The van der Waals surface area contributed by atoms with E-state index in [1.807, 2.05) is 0 Å². The van der Waals surface area contributed by atoms with Gasteiger partial charge in [-0.1, -0.05) is 20.3 Å². The molecule has 0 aliphatic carbocycles. The third-order valence-corrected chi connectivity index (χ3v) is 1.92. The Kier molecular flexibility index (Phi) is 4.12. The lowest BCUT2D eigenvalue weighted by Crippen LogP contribution is -2.09. The molecule has 0 aromatic carbocycles. The molecule has 0 saturated heterocycles. The molecule has 0 fully saturated rings. The van der Waals surface area contributed by atoms with Crippen molar-refractivity contribution >= 4 is 5.90 Å². The quantitative estimate of drug-likeness (QED) is 0.622. The molecule has 2 nitrogen and oxygen atoms in total. The third-order valence-electron chi connectivity index (χ3n) is 1.92. The number of ether oxygens (including phenoxy) is 1. The zero-order valence-corrected chi connectivity index (χ0v) is 8.18. The van der Waals surface area contributed by atoms with Crippen molar-refractivity contribution in [2.24, 2.45) is 10.9 Å². The zero-order valence-electron chi connectivity index (χ0n) is 8.18. The van der Waals surface area contributed by atoms with Crippen LogP contribution < -0.4 is 0 Å². The second-order valence-electron chi connectivity index (χ2n) is 3.79. The van der Waals surface area contributed by atoms with E-state index in [1.165, 1.54) is 19.3 Å². The fourth-order valence-corrected chi connectivity index (χ4v) is 1.23. The van der Waals surface area contributed by atoms with Gasteiger partial charge in [-0.3, -0.25) is 4.99 Å². The Balaban J connectivity index is 2.24. The van der Waals surface area contributed by atoms with Crippen molar-refractivity contribution in [3.05, 3.63) is 0 Å². The number of hydrogen-bond donors (Lipinski definition) is 0. The molecule has 0 aromatic heterocycles. The molecule has 1 aliphatic rings. The summed E-state index contributed by atoms with van der Waals surface area (Å²) in [7, 11) is 0. The van der Waals surface area contributed by atoms with Crippen LogP contribution in [0, 0.1) is 5.92 Å². The lowest BCUT2D eigenvalue weighted by molar-refractivity contribution is 0.251. The first-order valence-electron chi connectivity index (χ1n) is 4.95. The SMILES string of the molecule is CC(C)COC1=NCCCCC1. The first-order chi connectivity index (χ1) is 5.79. The van der Waals surface area contributed by atoms with Gasteiger partial charge in [0.1, 0.15) is 0 Å². The second kappa shape index (κ2) is 5.18. The molecule has 0 N–H and O–H groups in total. The minimum atomic E-state index is 0.607. The average Bonchev–Trinajstić information content (AvgIpc) is 2.28. The first-order valence-corrected chi connectivity index (χ1v) is 4.95. The minimum Gasteiger partial charge on any atom is -0.481 e. The highest BCUT2D eigenvalue weighted by Crippen LogP contribution is 2.08. The van der Waals surface area contributed by atoms with Crippen molar-refractivity contribution in [1.29, 1.82) is 0 Å². The molecule has 12 heavy (non-hydrogen) atoms. The molecule has 0 amide bonds. The fourth-order valence-electron chi connectivity index (χ4n) is 1.23. The Bertz CT molecular complexity index is 152. The van der Waals surface area contributed by atoms with Gasteiger partial charge in [-0.25, -0.2) is 0 Å². The van der Waals surface area contributed by atoms with Crippen LogP contribution in [0.2, 0.25) is 0 Å². The van der Waals surface area contributed by atoms with E-state index in [0.717, 1.165) is 25.5 Å². The molecule has 0 unspecified atom stereocenters. The molecule has 70 valence electrons. The van der Waals surface area contributed by atoms with E-state index in [0.29, 0.717) is 5.92 Å². The van der Waals surface area contributed by atoms with Gasteiger partial charge in [0.15, 0.2) is 5.90 Å². The van der Waals surface area contributed by atoms with Gasteiger partial charge in [-0.15, -0.1) is 0 Å². The topological polar surface area (TPSA) is 21.6 Å². The summed E-state index contributed by atoms with van der Waals surface area (Å²) < 4.78 is 5.57. The van der Waals surface area contributed by atoms with Crippen molar-refractivity contribution in [3.8, 4) is 0 Å². The highest BCUT2D eigenvalue weighted by molar-refractivity contribution is 5.76. The van der Waals surface area contributed by atoms with Gasteiger partial charge >= 0.3 is 0 Å². The Morgan fingerprint density at radius 3 is 2.92 bits per heavy atom. The lowest BCUT2D eigenvalue weighted by atomic mass is 10.2. The number of nitrogens with zero attached hydrogens (tertiary/aromatic N) is 1. The predicted octanol–water partition coefficient (Wildman–Crippen LogP) is 2.63. The van der Waals surface area contributed by atoms with E-state index in [1.54, 1.807) is 0 Å². The van der Waals surface area contributed by atoms with Gasteiger partial charge in [0.05, 0.1) is 6.61 Å². The smallest absolute Gasteiger partial charge is 0.183 e. The number of hydrogen-bond acceptors (Lipinski definition) is 2. The molecule has 2 heteroatoms. The second-order valence-corrected chi connectivity index (χ2v) is 3.79. The van der Waals surface area contributed by atoms with Crippen molar-refractivity contribution < 1.29 is 4.74 Å². The Morgan fingerprint density at radius 1 is 1.33 bits per heavy atom. The van der Waals surface area contributed by atoms with Crippen molar-refractivity contribution in [2.45, 2.75) is 39.5 Å². The van der Waals surface area contributed by atoms with Gasteiger partial charge < -0.3 is 4.74 Å². The molecule has 0 saturated carbocycles. The van der Waals surface area contributed by atoms with Crippen LogP contribution in [0.4, 0.5) is 0 Å². The normalized spacial score (nSPS) is 18.8. The summed E-state index contributed by atoms with van der Waals surface area (Å²) in [5, 5.41) is 0. The summed E-state index contributed by atoms with van der Waals surface area (Å²) in [6, 6.07) is 0. The fraction of sp³-hybridized carbons (Fsp3) is 0.900. The standard InChI is InChI=1S/C10H19NO/c1-9(2)8-12-10-6-4-3-5-7-11-10/h9H,3-8H2,1-2H3. The summed E-state index contributed by atoms with van der Waals surface area (Å²) in [5.41, 5.74) is 0. The summed E-state index contributed by atoms with van der Waals surface area (Å²) in [6.07, 6.45) is 4.83. The molecule has 1 rings (SSSR count). The molecule has 1 aliphatic heterocycles. The first kappa shape index (κ1) is 9.56. The zero-order chi connectivity index (χ0) is 8.81. The van der Waals surface area contributed by atoms with Crippen molar-refractivity contribution in [1.82, 2.24) is 0 Å². The summed E-state index contributed by atoms with van der Waals surface area (Å²) in [5.74, 6) is 1.59. The van der Waals surface area contributed by atoms with Crippen LogP contribution in [0.25, 0.3) is 0 Å². The van der Waals surface area contributed by atoms with Crippen molar-refractivity contribution in [2.75, 3.05) is 13.2 Å². The molecule has 0 atom stereocenters. The van der Waals surface area contributed by atoms with Crippen LogP contribution in [0.3, 0.4) is 0 Å². The Hall–Kier alpha value is -0.530. The van der Waals surface area contributed by atoms with E-state index < -0.39 is 0 Å². The maximum absolute atomic E-state index is 5.57. The van der Waals surface area contributed by atoms with Gasteiger partial charge in [0.25, 0.3) is 0 Å².